The zero-order valence-electron chi connectivity index (χ0n) is 10.9. The minimum absolute atomic E-state index is 0.0570. The van der Waals surface area contributed by atoms with E-state index < -0.39 is 5.97 Å². The molecule has 0 spiro atoms. The van der Waals surface area contributed by atoms with E-state index in [-0.39, 0.29) is 17.8 Å². The van der Waals surface area contributed by atoms with Gasteiger partial charge < -0.3 is 5.11 Å². The van der Waals surface area contributed by atoms with Crippen molar-refractivity contribution in [2.75, 3.05) is 0 Å². The smallest absolute Gasteiger partial charge is 0.303 e. The number of carboxylic acids is 1. The highest BCUT2D eigenvalue weighted by atomic mass is 16.4. The van der Waals surface area contributed by atoms with Gasteiger partial charge in [0.2, 0.25) is 0 Å². The second kappa shape index (κ2) is 6.34. The molecule has 0 bridgehead atoms. The number of carboxylic acid groups (broad SMARTS) is 1. The van der Waals surface area contributed by atoms with Gasteiger partial charge in [-0.1, -0.05) is 44.2 Å². The normalized spacial score (nSPS) is 27.2. The molecule has 3 heteroatoms. The summed E-state index contributed by atoms with van der Waals surface area (Å²) in [4.78, 5) is 21.9. The molecule has 0 amide bonds. The van der Waals surface area contributed by atoms with Crippen molar-refractivity contribution in [3.05, 3.63) is 36.0 Å². The molecule has 0 aromatic rings. The second-order valence-electron chi connectivity index (χ2n) is 4.76. The van der Waals surface area contributed by atoms with Crippen LogP contribution in [-0.2, 0) is 9.59 Å². The highest BCUT2D eigenvalue weighted by Gasteiger charge is 2.35. The Bertz CT molecular complexity index is 404. The molecule has 0 saturated carbocycles. The molecular formula is C15H20O3. The Morgan fingerprint density at radius 1 is 1.56 bits per heavy atom. The maximum Gasteiger partial charge on any atom is 0.303 e. The molecule has 1 N–H and O–H groups in total. The third kappa shape index (κ3) is 3.19. The first-order chi connectivity index (χ1) is 8.54. The van der Waals surface area contributed by atoms with E-state index >= 15 is 0 Å². The number of aliphatic carboxylic acids is 1. The van der Waals surface area contributed by atoms with Crippen LogP contribution in [0, 0.1) is 11.3 Å². The van der Waals surface area contributed by atoms with Crippen LogP contribution in [0.2, 0.25) is 0 Å². The molecule has 1 rings (SSSR count). The van der Waals surface area contributed by atoms with Crippen LogP contribution in [0.25, 0.3) is 0 Å². The Kier molecular flexibility index (Phi) is 5.08. The monoisotopic (exact) mass is 248 g/mol. The van der Waals surface area contributed by atoms with Crippen LogP contribution in [0.15, 0.2) is 36.0 Å². The van der Waals surface area contributed by atoms with Gasteiger partial charge in [-0.3, -0.25) is 9.59 Å². The van der Waals surface area contributed by atoms with Gasteiger partial charge in [-0.15, -0.1) is 0 Å². The average Bonchev–Trinajstić information content (AvgIpc) is 2.35. The van der Waals surface area contributed by atoms with Gasteiger partial charge in [-0.25, -0.2) is 0 Å². The summed E-state index contributed by atoms with van der Waals surface area (Å²) in [5, 5.41) is 8.79. The van der Waals surface area contributed by atoms with Gasteiger partial charge in [-0.2, -0.15) is 0 Å². The molecule has 0 radical (unpaired) electrons. The van der Waals surface area contributed by atoms with Crippen LogP contribution < -0.4 is 0 Å². The van der Waals surface area contributed by atoms with Crippen molar-refractivity contribution in [1.82, 2.24) is 0 Å². The lowest BCUT2D eigenvalue weighted by Gasteiger charge is -2.36. The average molecular weight is 248 g/mol. The summed E-state index contributed by atoms with van der Waals surface area (Å²) in [5.74, 6) is -0.742. The van der Waals surface area contributed by atoms with Gasteiger partial charge in [0.1, 0.15) is 6.29 Å². The minimum atomic E-state index is -0.799. The van der Waals surface area contributed by atoms with E-state index in [4.69, 9.17) is 5.11 Å². The van der Waals surface area contributed by atoms with Gasteiger partial charge >= 0.3 is 5.97 Å². The molecule has 0 fully saturated rings. The third-order valence-corrected chi connectivity index (χ3v) is 3.51. The topological polar surface area (TPSA) is 54.4 Å². The summed E-state index contributed by atoms with van der Waals surface area (Å²) in [6.45, 7) is 4.03. The fourth-order valence-electron chi connectivity index (χ4n) is 2.31. The van der Waals surface area contributed by atoms with Crippen LogP contribution in [-0.4, -0.2) is 17.4 Å². The number of hydrogen-bond donors (Lipinski definition) is 1. The first-order valence-electron chi connectivity index (χ1n) is 6.28. The number of rotatable bonds is 6. The van der Waals surface area contributed by atoms with Crippen LogP contribution in [0.5, 0.6) is 0 Å². The molecule has 2 atom stereocenters. The number of aldehydes is 1. The molecule has 0 saturated heterocycles. The molecule has 2 unspecified atom stereocenters. The number of carbonyl (C=O) groups is 2. The van der Waals surface area contributed by atoms with Gasteiger partial charge in [0.05, 0.1) is 0 Å². The molecular weight excluding hydrogens is 228 g/mol. The Balaban J connectivity index is 2.97. The summed E-state index contributed by atoms with van der Waals surface area (Å²) in [7, 11) is 0. The molecule has 3 nitrogen and oxygen atoms in total. The zero-order valence-corrected chi connectivity index (χ0v) is 10.9. The van der Waals surface area contributed by atoms with E-state index in [1.165, 1.54) is 0 Å². The summed E-state index contributed by atoms with van der Waals surface area (Å²) in [6.07, 6.45) is 12.2. The number of hydrogen-bond acceptors (Lipinski definition) is 2. The van der Waals surface area contributed by atoms with E-state index in [0.29, 0.717) is 12.0 Å². The van der Waals surface area contributed by atoms with Gasteiger partial charge in [0.15, 0.2) is 0 Å². The molecule has 18 heavy (non-hydrogen) atoms. The minimum Gasteiger partial charge on any atom is -0.481 e. The lowest BCUT2D eigenvalue weighted by molar-refractivity contribution is -0.137. The van der Waals surface area contributed by atoms with E-state index in [1.54, 1.807) is 0 Å². The maximum absolute atomic E-state index is 11.2. The molecule has 0 aromatic heterocycles. The lowest BCUT2D eigenvalue weighted by Crippen LogP contribution is -2.29. The van der Waals surface area contributed by atoms with Crippen molar-refractivity contribution in [2.24, 2.45) is 11.3 Å². The maximum atomic E-state index is 11.2. The Morgan fingerprint density at radius 3 is 2.83 bits per heavy atom. The molecule has 1 aliphatic carbocycles. The first kappa shape index (κ1) is 14.4. The van der Waals surface area contributed by atoms with Crippen molar-refractivity contribution in [1.29, 1.82) is 0 Å². The van der Waals surface area contributed by atoms with Crippen LogP contribution in [0.4, 0.5) is 0 Å². The predicted molar refractivity (Wildman–Crippen MR) is 71.2 cm³/mol. The highest BCUT2D eigenvalue weighted by molar-refractivity contribution is 5.78. The van der Waals surface area contributed by atoms with Crippen molar-refractivity contribution < 1.29 is 14.7 Å². The molecule has 0 aliphatic heterocycles. The Labute approximate surface area is 108 Å². The number of allylic oxidation sites excluding steroid dienone is 6. The summed E-state index contributed by atoms with van der Waals surface area (Å²) < 4.78 is 0. The lowest BCUT2D eigenvalue weighted by atomic mass is 9.67. The van der Waals surface area contributed by atoms with E-state index in [0.717, 1.165) is 12.7 Å². The van der Waals surface area contributed by atoms with Crippen LogP contribution >= 0.6 is 0 Å². The van der Waals surface area contributed by atoms with Crippen LogP contribution in [0.1, 0.15) is 33.1 Å². The summed E-state index contributed by atoms with van der Waals surface area (Å²) >= 11 is 0. The van der Waals surface area contributed by atoms with Crippen molar-refractivity contribution in [3.8, 4) is 0 Å². The summed E-state index contributed by atoms with van der Waals surface area (Å²) in [5.41, 5.74) is 0.326. The van der Waals surface area contributed by atoms with Gasteiger partial charge in [0.25, 0.3) is 0 Å². The van der Waals surface area contributed by atoms with Crippen molar-refractivity contribution >= 4 is 12.3 Å². The largest absolute Gasteiger partial charge is 0.481 e. The summed E-state index contributed by atoms with van der Waals surface area (Å²) in [6, 6.07) is 0. The van der Waals surface area contributed by atoms with E-state index in [9.17, 15) is 9.59 Å². The third-order valence-electron chi connectivity index (χ3n) is 3.51. The zero-order chi connectivity index (χ0) is 13.6. The fraction of sp³-hybridized carbons (Fsp3) is 0.467. The Hall–Kier alpha value is -1.64. The van der Waals surface area contributed by atoms with Gasteiger partial charge in [-0.05, 0) is 18.8 Å². The van der Waals surface area contributed by atoms with E-state index in [1.807, 2.05) is 44.2 Å². The number of carbonyl (C=O) groups excluding carboxylic acids is 1. The Morgan fingerprint density at radius 2 is 2.28 bits per heavy atom. The fourth-order valence-corrected chi connectivity index (χ4v) is 2.31. The van der Waals surface area contributed by atoms with Gasteiger partial charge in [0, 0.05) is 17.4 Å². The van der Waals surface area contributed by atoms with Crippen LogP contribution in [0.3, 0.4) is 0 Å². The van der Waals surface area contributed by atoms with Crippen molar-refractivity contribution in [2.45, 2.75) is 33.1 Å². The standard InChI is InChI=1S/C15H20O3/c1-3-4-10-15(2)12(8-9-14(17)18)6-5-7-13(15)11-16/h4-7,10-12H,3,8-9H2,1-2H3,(H,17,18). The molecule has 0 heterocycles. The molecule has 0 aromatic carbocycles. The SMILES string of the molecule is CCC=CC1(C)C(C=O)=CC=CC1CCC(=O)O. The van der Waals surface area contributed by atoms with E-state index in [2.05, 4.69) is 0 Å². The second-order valence-corrected chi connectivity index (χ2v) is 4.76. The predicted octanol–water partition coefficient (Wildman–Crippen LogP) is 3.14. The highest BCUT2D eigenvalue weighted by Crippen LogP contribution is 2.42. The van der Waals surface area contributed by atoms with Crippen molar-refractivity contribution in [3.63, 3.8) is 0 Å². The first-order valence-corrected chi connectivity index (χ1v) is 6.28. The quantitative estimate of drug-likeness (QED) is 0.580. The molecule has 1 aliphatic rings. The molecule has 98 valence electrons.